The van der Waals surface area contributed by atoms with Crippen LogP contribution >= 0.6 is 0 Å². The lowest BCUT2D eigenvalue weighted by Gasteiger charge is -2.10. The molecule has 0 amide bonds. The maximum absolute atomic E-state index is 6.14. The Morgan fingerprint density at radius 3 is 1.24 bits per heavy atom. The van der Waals surface area contributed by atoms with Gasteiger partial charge < -0.3 is 13.4 Å². The molecule has 63 heavy (non-hydrogen) atoms. The highest BCUT2D eigenvalue weighted by atomic mass is 16.3. The molecule has 0 aliphatic heterocycles. The summed E-state index contributed by atoms with van der Waals surface area (Å²) in [4.78, 5) is 4.25. The monoisotopic (exact) mass is 804 g/mol. The van der Waals surface area contributed by atoms with Crippen LogP contribution in [0.2, 0.25) is 0 Å². The molecule has 4 heteroatoms. The van der Waals surface area contributed by atoms with E-state index in [1.165, 1.54) is 66.3 Å². The molecule has 4 nitrogen and oxygen atoms in total. The minimum atomic E-state index is 0.804. The smallest absolute Gasteiger partial charge is 0.153 e. The highest BCUT2D eigenvalue weighted by molar-refractivity contribution is 6.12. The third-order valence-corrected chi connectivity index (χ3v) is 12.7. The molecule has 0 radical (unpaired) electrons. The zero-order chi connectivity index (χ0) is 41.4. The van der Waals surface area contributed by atoms with Crippen molar-refractivity contribution < 1.29 is 8.83 Å². The largest absolute Gasteiger partial charge is 0.456 e. The summed E-state index contributed by atoms with van der Waals surface area (Å²) in [6, 6.07) is 74.4. The van der Waals surface area contributed by atoms with Crippen LogP contribution in [-0.2, 0) is 0 Å². The van der Waals surface area contributed by atoms with Crippen LogP contribution in [-0.4, -0.2) is 9.55 Å². The lowest BCUT2D eigenvalue weighted by Crippen LogP contribution is -1.93. The molecule has 13 rings (SSSR count). The number of hydrogen-bond acceptors (Lipinski definition) is 3. The maximum atomic E-state index is 6.14. The molecule has 0 spiro atoms. The Hall–Kier alpha value is -8.47. The summed E-state index contributed by atoms with van der Waals surface area (Å²) in [7, 11) is 0. The molecule has 0 N–H and O–H groups in total. The summed E-state index contributed by atoms with van der Waals surface area (Å²) >= 11 is 0. The van der Waals surface area contributed by atoms with Crippen LogP contribution < -0.4 is 0 Å². The number of nitrogens with zero attached hydrogens (tertiary/aromatic N) is 2. The van der Waals surface area contributed by atoms with Gasteiger partial charge in [-0.2, -0.15) is 0 Å². The Bertz CT molecular complexity index is 3920. The highest BCUT2D eigenvalue weighted by Gasteiger charge is 2.16. The van der Waals surface area contributed by atoms with Crippen LogP contribution in [0.25, 0.3) is 127 Å². The molecule has 9 aromatic carbocycles. The van der Waals surface area contributed by atoms with Gasteiger partial charge in [-0.05, 0) is 147 Å². The first-order chi connectivity index (χ1) is 31.2. The number of benzene rings is 9. The summed E-state index contributed by atoms with van der Waals surface area (Å²) in [5.41, 5.74) is 18.7. The van der Waals surface area contributed by atoms with Gasteiger partial charge in [0.25, 0.3) is 0 Å². The van der Waals surface area contributed by atoms with Crippen LogP contribution in [0.15, 0.2) is 227 Å². The average molecular weight is 805 g/mol. The third-order valence-electron chi connectivity index (χ3n) is 12.7. The molecule has 0 unspecified atom stereocenters. The Labute approximate surface area is 362 Å². The molecule has 0 saturated heterocycles. The fourth-order valence-electron chi connectivity index (χ4n) is 9.59. The minimum Gasteiger partial charge on any atom is -0.456 e. The Morgan fingerprint density at radius 2 is 0.698 bits per heavy atom. The summed E-state index contributed by atoms with van der Waals surface area (Å²) in [6.07, 6.45) is 3.60. The lowest BCUT2D eigenvalue weighted by atomic mass is 9.95. The quantitative estimate of drug-likeness (QED) is 0.168. The van der Waals surface area contributed by atoms with Crippen molar-refractivity contribution >= 4 is 65.7 Å². The number of furan rings is 2. The van der Waals surface area contributed by atoms with Gasteiger partial charge in [0.2, 0.25) is 0 Å². The summed E-state index contributed by atoms with van der Waals surface area (Å²) in [6.45, 7) is 0. The number of rotatable bonds is 6. The Kier molecular flexibility index (Phi) is 7.87. The van der Waals surface area contributed by atoms with E-state index in [0.29, 0.717) is 0 Å². The molecule has 0 saturated carbocycles. The average Bonchev–Trinajstić information content (AvgIpc) is 4.03. The lowest BCUT2D eigenvalue weighted by molar-refractivity contribution is 0.667. The van der Waals surface area contributed by atoms with E-state index >= 15 is 0 Å². The van der Waals surface area contributed by atoms with Crippen molar-refractivity contribution in [2.75, 3.05) is 0 Å². The van der Waals surface area contributed by atoms with E-state index < -0.39 is 0 Å². The number of aromatic nitrogens is 2. The van der Waals surface area contributed by atoms with E-state index in [1.54, 1.807) is 6.20 Å². The third kappa shape index (κ3) is 5.88. The molecule has 294 valence electrons. The number of fused-ring (bicyclic) bond motifs is 9. The van der Waals surface area contributed by atoms with Crippen molar-refractivity contribution in [1.82, 2.24) is 9.55 Å². The van der Waals surface area contributed by atoms with Crippen molar-refractivity contribution in [1.29, 1.82) is 0 Å². The molecule has 0 fully saturated rings. The van der Waals surface area contributed by atoms with Crippen molar-refractivity contribution in [3.63, 3.8) is 0 Å². The van der Waals surface area contributed by atoms with Crippen LogP contribution in [0.5, 0.6) is 0 Å². The fraction of sp³-hybridized carbons (Fsp3) is 0. The second kappa shape index (κ2) is 14.1. The van der Waals surface area contributed by atoms with Crippen molar-refractivity contribution in [3.8, 4) is 61.3 Å². The van der Waals surface area contributed by atoms with Gasteiger partial charge in [-0.15, -0.1) is 0 Å². The normalized spacial score (nSPS) is 11.8. The van der Waals surface area contributed by atoms with Crippen molar-refractivity contribution in [2.24, 2.45) is 0 Å². The van der Waals surface area contributed by atoms with E-state index in [1.807, 2.05) is 24.4 Å². The summed E-state index contributed by atoms with van der Waals surface area (Å²) in [5.74, 6) is 0. The molecule has 4 aromatic heterocycles. The van der Waals surface area contributed by atoms with Gasteiger partial charge in [0.1, 0.15) is 16.7 Å². The molecule has 4 heterocycles. The first-order valence-corrected chi connectivity index (χ1v) is 21.3. The van der Waals surface area contributed by atoms with Gasteiger partial charge in [-0.3, -0.25) is 4.98 Å². The molecular formula is C59H36N2O2. The molecular weight excluding hydrogens is 769 g/mol. The van der Waals surface area contributed by atoms with E-state index in [2.05, 4.69) is 198 Å². The number of hydrogen-bond donors (Lipinski definition) is 0. The predicted molar refractivity (Wildman–Crippen MR) is 260 cm³/mol. The van der Waals surface area contributed by atoms with E-state index in [0.717, 1.165) is 60.7 Å². The zero-order valence-corrected chi connectivity index (χ0v) is 34.0. The summed E-state index contributed by atoms with van der Waals surface area (Å²) < 4.78 is 14.6. The second-order valence-electron chi connectivity index (χ2n) is 16.4. The standard InChI is InChI=1S/C59H36N2O2/c1-2-15-47(16-3-1)61-54-23-19-43(39-11-6-9-37(29-39)38-10-7-13-41(30-38)46-22-26-58-53(35-46)49-27-28-60-36-59(49)63-58)32-50(54)51-33-44(20-24-55(51)61)40-12-8-14-42(31-40)45-21-25-57-52(34-45)48-17-4-5-18-56(48)62-57/h1-36H. The second-order valence-corrected chi connectivity index (χ2v) is 16.4. The Morgan fingerprint density at radius 1 is 0.286 bits per heavy atom. The molecule has 13 aromatic rings. The van der Waals surface area contributed by atoms with E-state index in [-0.39, 0.29) is 0 Å². The SMILES string of the molecule is c1ccc(-n2c3ccc(-c4cccc(-c5cccc(-c6ccc7oc8cnccc8c7c6)c5)c4)cc3c3cc(-c4cccc(-c5ccc6oc7ccccc7c6c5)c4)ccc32)cc1. The van der Waals surface area contributed by atoms with Gasteiger partial charge in [0.15, 0.2) is 5.58 Å². The van der Waals surface area contributed by atoms with Gasteiger partial charge in [0.05, 0.1) is 17.2 Å². The maximum Gasteiger partial charge on any atom is 0.153 e. The van der Waals surface area contributed by atoms with E-state index in [4.69, 9.17) is 8.83 Å². The van der Waals surface area contributed by atoms with Gasteiger partial charge >= 0.3 is 0 Å². The van der Waals surface area contributed by atoms with Crippen LogP contribution in [0.1, 0.15) is 0 Å². The molecule has 0 atom stereocenters. The van der Waals surface area contributed by atoms with Crippen LogP contribution in [0.4, 0.5) is 0 Å². The first-order valence-electron chi connectivity index (χ1n) is 21.3. The molecule has 0 aliphatic rings. The highest BCUT2D eigenvalue weighted by Crippen LogP contribution is 2.40. The van der Waals surface area contributed by atoms with Gasteiger partial charge in [-0.25, -0.2) is 0 Å². The minimum absolute atomic E-state index is 0.804. The van der Waals surface area contributed by atoms with Crippen molar-refractivity contribution in [2.45, 2.75) is 0 Å². The van der Waals surface area contributed by atoms with E-state index in [9.17, 15) is 0 Å². The first kappa shape index (κ1) is 35.3. The zero-order valence-electron chi connectivity index (χ0n) is 34.0. The predicted octanol–water partition coefficient (Wildman–Crippen LogP) is 16.3. The molecule has 0 bridgehead atoms. The van der Waals surface area contributed by atoms with Crippen LogP contribution in [0.3, 0.4) is 0 Å². The Balaban J connectivity index is 0.896. The fourth-order valence-corrected chi connectivity index (χ4v) is 9.59. The number of pyridine rings is 1. The summed E-state index contributed by atoms with van der Waals surface area (Å²) in [5, 5.41) is 6.88. The van der Waals surface area contributed by atoms with Gasteiger partial charge in [-0.1, -0.05) is 115 Å². The van der Waals surface area contributed by atoms with Gasteiger partial charge in [0, 0.05) is 44.2 Å². The van der Waals surface area contributed by atoms with Crippen LogP contribution in [0, 0.1) is 0 Å². The van der Waals surface area contributed by atoms with Crippen molar-refractivity contribution in [3.05, 3.63) is 219 Å². The molecule has 0 aliphatic carbocycles. The topological polar surface area (TPSA) is 44.1 Å². The number of para-hydroxylation sites is 2.